The molecule has 2 aromatic rings. The number of esters is 1. The normalized spacial score (nSPS) is 27.3. The highest BCUT2D eigenvalue weighted by Gasteiger charge is 2.43. The number of ether oxygens (including phenoxy) is 2. The Bertz CT molecular complexity index is 1330. The molecule has 0 aromatic heterocycles. The minimum absolute atomic E-state index is 0.110. The van der Waals surface area contributed by atoms with E-state index in [0.717, 1.165) is 49.5 Å². The number of hydrogen-bond donors (Lipinski definition) is 1. The van der Waals surface area contributed by atoms with Gasteiger partial charge in [-0.2, -0.15) is 0 Å². The number of carbonyl (C=O) groups is 2. The molecule has 0 saturated heterocycles. The van der Waals surface area contributed by atoms with Gasteiger partial charge in [-0.15, -0.1) is 0 Å². The highest BCUT2D eigenvalue weighted by atomic mass is 35.5. The number of allylic oxidation sites excluding steroid dienone is 1. The molecule has 4 atom stereocenters. The molecular weight excluding hydrogens is 552 g/mol. The Morgan fingerprint density at radius 1 is 1.14 bits per heavy atom. The maximum atomic E-state index is 13.2. The largest absolute Gasteiger partial charge is 0.491 e. The molecule has 5 rings (SSSR count). The first-order chi connectivity index (χ1) is 20.2. The summed E-state index contributed by atoms with van der Waals surface area (Å²) in [6.07, 6.45) is 10.1. The van der Waals surface area contributed by atoms with Crippen LogP contribution in [0.4, 0.5) is 5.69 Å². The molecule has 1 fully saturated rings. The summed E-state index contributed by atoms with van der Waals surface area (Å²) in [6, 6.07) is 11.5. The summed E-state index contributed by atoms with van der Waals surface area (Å²) in [7, 11) is 2.94. The fourth-order valence-electron chi connectivity index (χ4n) is 6.64. The second-order valence-electron chi connectivity index (χ2n) is 12.1. The van der Waals surface area contributed by atoms with Crippen LogP contribution in [0.3, 0.4) is 0 Å². The molecule has 2 heterocycles. The van der Waals surface area contributed by atoms with E-state index in [4.69, 9.17) is 21.1 Å². The van der Waals surface area contributed by atoms with Crippen molar-refractivity contribution in [1.82, 2.24) is 4.90 Å². The summed E-state index contributed by atoms with van der Waals surface area (Å²) in [6.45, 7) is 4.77. The summed E-state index contributed by atoms with van der Waals surface area (Å²) >= 11 is 6.40. The smallest absolute Gasteiger partial charge is 0.343 e. The lowest BCUT2D eigenvalue weighted by atomic mass is 9.71. The van der Waals surface area contributed by atoms with E-state index in [1.165, 1.54) is 31.1 Å². The number of fused-ring (bicyclic) bond motifs is 2. The third kappa shape index (κ3) is 6.32. The van der Waals surface area contributed by atoms with Crippen LogP contribution in [0.2, 0.25) is 5.02 Å². The van der Waals surface area contributed by atoms with E-state index < -0.39 is 18.0 Å². The number of anilines is 1. The Morgan fingerprint density at radius 3 is 2.69 bits per heavy atom. The number of rotatable bonds is 4. The number of benzene rings is 2. The minimum atomic E-state index is -2.12. The van der Waals surface area contributed by atoms with Crippen LogP contribution >= 0.6 is 11.6 Å². The highest BCUT2D eigenvalue weighted by molar-refractivity contribution is 6.30. The minimum Gasteiger partial charge on any atom is -0.491 e. The summed E-state index contributed by atoms with van der Waals surface area (Å²) in [4.78, 5) is 30.2. The van der Waals surface area contributed by atoms with Gasteiger partial charge in [-0.1, -0.05) is 49.2 Å². The molecule has 0 radical (unpaired) electrons. The molecule has 3 aliphatic rings. The highest BCUT2D eigenvalue weighted by Crippen LogP contribution is 2.43. The van der Waals surface area contributed by atoms with Crippen molar-refractivity contribution in [1.29, 1.82) is 0 Å². The molecule has 1 amide bonds. The van der Waals surface area contributed by atoms with Gasteiger partial charge in [0.15, 0.2) is 5.60 Å². The van der Waals surface area contributed by atoms with Crippen molar-refractivity contribution in [2.45, 2.75) is 63.4 Å². The molecule has 226 valence electrons. The van der Waals surface area contributed by atoms with Gasteiger partial charge in [0.2, 0.25) is 5.91 Å². The number of nitrogens with zero attached hydrogens (tertiary/aromatic N) is 2. The molecule has 2 aromatic carbocycles. The van der Waals surface area contributed by atoms with Crippen molar-refractivity contribution in [3.8, 4) is 5.75 Å². The molecule has 1 N–H and O–H groups in total. The van der Waals surface area contributed by atoms with Gasteiger partial charge in [-0.3, -0.25) is 4.79 Å². The summed E-state index contributed by atoms with van der Waals surface area (Å²) in [5, 5.41) is 12.5. The van der Waals surface area contributed by atoms with E-state index >= 15 is 0 Å². The third-order valence-corrected chi connectivity index (χ3v) is 9.58. The second-order valence-corrected chi connectivity index (χ2v) is 12.6. The van der Waals surface area contributed by atoms with Crippen LogP contribution in [0, 0.1) is 11.8 Å². The molecular formula is C34H43ClN2O5. The zero-order chi connectivity index (χ0) is 29.9. The van der Waals surface area contributed by atoms with Crippen molar-refractivity contribution in [2.75, 3.05) is 45.3 Å². The van der Waals surface area contributed by atoms with E-state index in [0.29, 0.717) is 36.3 Å². The van der Waals surface area contributed by atoms with Gasteiger partial charge in [0, 0.05) is 37.6 Å². The predicted octanol–water partition coefficient (Wildman–Crippen LogP) is 5.86. The van der Waals surface area contributed by atoms with Crippen LogP contribution in [-0.2, 0) is 26.3 Å². The molecule has 0 spiro atoms. The van der Waals surface area contributed by atoms with Crippen molar-refractivity contribution in [3.05, 3.63) is 70.3 Å². The van der Waals surface area contributed by atoms with E-state index in [9.17, 15) is 14.7 Å². The molecule has 42 heavy (non-hydrogen) atoms. The Morgan fingerprint density at radius 2 is 1.95 bits per heavy atom. The number of amides is 1. The molecule has 1 saturated carbocycles. The van der Waals surface area contributed by atoms with Gasteiger partial charge in [0.25, 0.3) is 0 Å². The topological polar surface area (TPSA) is 79.3 Å². The van der Waals surface area contributed by atoms with Crippen LogP contribution in [0.15, 0.2) is 48.6 Å². The van der Waals surface area contributed by atoms with Crippen molar-refractivity contribution in [3.63, 3.8) is 0 Å². The Labute approximate surface area is 254 Å². The second kappa shape index (κ2) is 13.1. The van der Waals surface area contributed by atoms with E-state index in [-0.39, 0.29) is 11.8 Å². The molecule has 7 nitrogen and oxygen atoms in total. The fraction of sp³-hybridized carbons (Fsp3) is 0.529. The average molecular weight is 595 g/mol. The summed E-state index contributed by atoms with van der Waals surface area (Å²) in [5.41, 5.74) is 1.53. The maximum Gasteiger partial charge on any atom is 0.343 e. The lowest BCUT2D eigenvalue weighted by Crippen LogP contribution is -2.43. The first kappa shape index (κ1) is 30.4. The van der Waals surface area contributed by atoms with Crippen LogP contribution in [0.25, 0.3) is 0 Å². The number of aliphatic hydroxyl groups is 1. The fourth-order valence-corrected chi connectivity index (χ4v) is 6.83. The lowest BCUT2D eigenvalue weighted by Gasteiger charge is -2.41. The van der Waals surface area contributed by atoms with Gasteiger partial charge in [-0.25, -0.2) is 4.79 Å². The number of halogens is 1. The van der Waals surface area contributed by atoms with Crippen molar-refractivity contribution >= 4 is 29.2 Å². The average Bonchev–Trinajstić information content (AvgIpc) is 3.15. The zero-order valence-electron chi connectivity index (χ0n) is 25.0. The van der Waals surface area contributed by atoms with Gasteiger partial charge >= 0.3 is 5.97 Å². The summed E-state index contributed by atoms with van der Waals surface area (Å²) < 4.78 is 11.5. The predicted molar refractivity (Wildman–Crippen MR) is 165 cm³/mol. The van der Waals surface area contributed by atoms with Crippen LogP contribution < -0.4 is 9.64 Å². The molecule has 2 bridgehead atoms. The maximum absolute atomic E-state index is 13.2. The quantitative estimate of drug-likeness (QED) is 0.353. The number of aryl methyl sites for hydroxylation is 1. The van der Waals surface area contributed by atoms with Crippen LogP contribution in [-0.4, -0.2) is 62.3 Å². The first-order valence-electron chi connectivity index (χ1n) is 15.2. The van der Waals surface area contributed by atoms with Crippen molar-refractivity contribution < 1.29 is 24.2 Å². The number of hydrogen-bond acceptors (Lipinski definition) is 6. The van der Waals surface area contributed by atoms with Gasteiger partial charge < -0.3 is 24.4 Å². The number of methoxy groups -OCH3 is 1. The Hall–Kier alpha value is -3.03. The molecule has 1 aliphatic carbocycles. The molecule has 8 heteroatoms. The van der Waals surface area contributed by atoms with Gasteiger partial charge in [-0.05, 0) is 84.9 Å². The zero-order valence-corrected chi connectivity index (χ0v) is 25.7. The van der Waals surface area contributed by atoms with E-state index in [1.807, 2.05) is 18.2 Å². The van der Waals surface area contributed by atoms with E-state index in [1.54, 1.807) is 18.0 Å². The van der Waals surface area contributed by atoms with Crippen LogP contribution in [0.5, 0.6) is 5.75 Å². The first-order valence-corrected chi connectivity index (χ1v) is 15.6. The molecule has 2 aliphatic heterocycles. The Balaban J connectivity index is 1.58. The number of carbonyl (C=O) groups excluding carboxylic acids is 2. The van der Waals surface area contributed by atoms with Gasteiger partial charge in [0.1, 0.15) is 5.75 Å². The SMILES string of the molecule is CCCc1cc(Cl)ccc1C1COc2ccc3cc2N(C1)CC1CCC1C/C=C/CCN(C)C(=O)C[C@@]3(O)C(=O)OC. The lowest BCUT2D eigenvalue weighted by molar-refractivity contribution is -0.168. The van der Waals surface area contributed by atoms with Crippen LogP contribution in [0.1, 0.15) is 68.1 Å². The van der Waals surface area contributed by atoms with Crippen molar-refractivity contribution in [2.24, 2.45) is 11.8 Å². The van der Waals surface area contributed by atoms with E-state index in [2.05, 4.69) is 36.1 Å². The third-order valence-electron chi connectivity index (χ3n) is 9.34. The Kier molecular flexibility index (Phi) is 9.48. The standard InChI is InChI=1S/C34H43ClN2O5/c1-4-8-24-17-28(35)13-14-29(24)26-21-37-20-25-11-10-23(25)9-6-5-7-16-36(2)32(38)19-34(40,33(39)41-3)27-12-15-31(42-22-26)30(37)18-27/h5-6,12-15,17-18,23,25-26,40H,4,7-11,16,19-22H2,1-3H3/b6-5+/t23?,25?,26?,34-/m0/s1. The van der Waals surface area contributed by atoms with Gasteiger partial charge in [0.05, 0.1) is 25.8 Å². The molecule has 3 unspecified atom stereocenters. The monoisotopic (exact) mass is 594 g/mol. The summed E-state index contributed by atoms with van der Waals surface area (Å²) in [5.74, 6) is 0.770.